The maximum atomic E-state index is 11.7. The van der Waals surface area contributed by atoms with Crippen molar-refractivity contribution in [3.8, 4) is 0 Å². The molecule has 1 heterocycles. The summed E-state index contributed by atoms with van der Waals surface area (Å²) in [5.74, 6) is -1.40. The van der Waals surface area contributed by atoms with E-state index in [1.807, 2.05) is 0 Å². The molecular formula is C16H21ClN4O4. The standard InChI is InChI=1S/C16H21ClN4O4/c1-10-12(15(17)21(2)20-10)7-8-14(23)25-9-13(22)19-16(24)18-11-5-3-4-6-11/h7-8,11H,3-6,9H2,1-2H3,(H2,18,19,22,24)/b8-7+. The number of imide groups is 1. The summed E-state index contributed by atoms with van der Waals surface area (Å²) in [6.07, 6.45) is 6.60. The fourth-order valence-corrected chi connectivity index (χ4v) is 2.86. The average Bonchev–Trinajstić information content (AvgIpc) is 3.13. The van der Waals surface area contributed by atoms with Crippen LogP contribution in [0.15, 0.2) is 6.08 Å². The van der Waals surface area contributed by atoms with E-state index in [2.05, 4.69) is 15.7 Å². The van der Waals surface area contributed by atoms with Crippen molar-refractivity contribution in [2.45, 2.75) is 38.6 Å². The lowest BCUT2D eigenvalue weighted by atomic mass is 10.2. The molecule has 3 amide bonds. The van der Waals surface area contributed by atoms with Crippen LogP contribution in [0.25, 0.3) is 6.08 Å². The van der Waals surface area contributed by atoms with Crippen LogP contribution in [-0.4, -0.2) is 40.3 Å². The van der Waals surface area contributed by atoms with Crippen LogP contribution in [0.2, 0.25) is 5.15 Å². The molecule has 1 aromatic rings. The van der Waals surface area contributed by atoms with E-state index in [0.717, 1.165) is 31.8 Å². The molecule has 1 aromatic heterocycles. The Morgan fingerprint density at radius 3 is 2.64 bits per heavy atom. The highest BCUT2D eigenvalue weighted by Gasteiger charge is 2.18. The van der Waals surface area contributed by atoms with Gasteiger partial charge in [-0.2, -0.15) is 5.10 Å². The number of carbonyl (C=O) groups excluding carboxylic acids is 3. The predicted octanol–water partition coefficient (Wildman–Crippen LogP) is 1.71. The van der Waals surface area contributed by atoms with Crippen molar-refractivity contribution in [3.63, 3.8) is 0 Å². The third-order valence-electron chi connectivity index (χ3n) is 3.87. The van der Waals surface area contributed by atoms with Crippen LogP contribution in [0.1, 0.15) is 36.9 Å². The number of carbonyl (C=O) groups is 3. The predicted molar refractivity (Wildman–Crippen MR) is 91.9 cm³/mol. The number of amides is 3. The van der Waals surface area contributed by atoms with Gasteiger partial charge < -0.3 is 10.1 Å². The number of ether oxygens (including phenoxy) is 1. The molecule has 1 saturated carbocycles. The zero-order valence-electron chi connectivity index (χ0n) is 14.2. The molecule has 136 valence electrons. The molecule has 0 saturated heterocycles. The first-order chi connectivity index (χ1) is 11.9. The summed E-state index contributed by atoms with van der Waals surface area (Å²) in [6, 6.07) is -0.466. The van der Waals surface area contributed by atoms with E-state index in [0.29, 0.717) is 16.4 Å². The molecule has 1 aliphatic rings. The molecule has 0 spiro atoms. The van der Waals surface area contributed by atoms with Crippen LogP contribution < -0.4 is 10.6 Å². The van der Waals surface area contributed by atoms with Crippen LogP contribution in [0.5, 0.6) is 0 Å². The topological polar surface area (TPSA) is 102 Å². The van der Waals surface area contributed by atoms with Gasteiger partial charge in [-0.1, -0.05) is 24.4 Å². The molecule has 0 unspecified atom stereocenters. The Morgan fingerprint density at radius 1 is 1.36 bits per heavy atom. The van der Waals surface area contributed by atoms with E-state index >= 15 is 0 Å². The molecule has 0 atom stereocenters. The van der Waals surface area contributed by atoms with Gasteiger partial charge in [0.1, 0.15) is 5.15 Å². The summed E-state index contributed by atoms with van der Waals surface area (Å²) >= 11 is 6.04. The second kappa shape index (κ2) is 8.66. The van der Waals surface area contributed by atoms with Gasteiger partial charge >= 0.3 is 12.0 Å². The number of aromatic nitrogens is 2. The second-order valence-corrected chi connectivity index (χ2v) is 6.22. The molecular weight excluding hydrogens is 348 g/mol. The van der Waals surface area contributed by atoms with Gasteiger partial charge in [0.15, 0.2) is 6.61 Å². The van der Waals surface area contributed by atoms with Crippen LogP contribution >= 0.6 is 11.6 Å². The van der Waals surface area contributed by atoms with Gasteiger partial charge in [0.2, 0.25) is 0 Å². The number of hydrogen-bond acceptors (Lipinski definition) is 5. The first-order valence-electron chi connectivity index (χ1n) is 8.01. The van der Waals surface area contributed by atoms with E-state index < -0.39 is 24.5 Å². The van der Waals surface area contributed by atoms with Crippen LogP contribution in [-0.2, 0) is 21.4 Å². The van der Waals surface area contributed by atoms with Crippen LogP contribution in [0, 0.1) is 6.92 Å². The quantitative estimate of drug-likeness (QED) is 0.608. The zero-order valence-corrected chi connectivity index (χ0v) is 14.9. The molecule has 25 heavy (non-hydrogen) atoms. The fourth-order valence-electron chi connectivity index (χ4n) is 2.63. The lowest BCUT2D eigenvalue weighted by Crippen LogP contribution is -2.44. The maximum absolute atomic E-state index is 11.7. The van der Waals surface area contributed by atoms with Gasteiger partial charge in [-0.25, -0.2) is 9.59 Å². The third kappa shape index (κ3) is 5.60. The third-order valence-corrected chi connectivity index (χ3v) is 4.32. The fraction of sp³-hybridized carbons (Fsp3) is 0.500. The number of urea groups is 1. The Balaban J connectivity index is 1.74. The largest absolute Gasteiger partial charge is 0.452 e. The molecule has 0 bridgehead atoms. The van der Waals surface area contributed by atoms with E-state index in [1.54, 1.807) is 14.0 Å². The van der Waals surface area contributed by atoms with E-state index in [-0.39, 0.29) is 6.04 Å². The number of aryl methyl sites for hydroxylation is 2. The summed E-state index contributed by atoms with van der Waals surface area (Å²) < 4.78 is 6.28. The van der Waals surface area contributed by atoms with Crippen molar-refractivity contribution >= 4 is 35.6 Å². The molecule has 2 rings (SSSR count). The molecule has 0 radical (unpaired) electrons. The molecule has 0 aromatic carbocycles. The second-order valence-electron chi connectivity index (χ2n) is 5.86. The van der Waals surface area contributed by atoms with Gasteiger partial charge in [-0.05, 0) is 25.8 Å². The Kier molecular flexibility index (Phi) is 6.58. The number of hydrogen-bond donors (Lipinski definition) is 2. The minimum absolute atomic E-state index is 0.103. The van der Waals surface area contributed by atoms with Gasteiger partial charge in [0, 0.05) is 24.7 Å². The first-order valence-corrected chi connectivity index (χ1v) is 8.39. The molecule has 9 heteroatoms. The van der Waals surface area contributed by atoms with Gasteiger partial charge in [-0.3, -0.25) is 14.8 Å². The summed E-state index contributed by atoms with van der Waals surface area (Å²) in [5.41, 5.74) is 1.26. The Hall–Kier alpha value is -2.35. The molecule has 2 N–H and O–H groups in total. The Morgan fingerprint density at radius 2 is 2.04 bits per heavy atom. The van der Waals surface area contributed by atoms with E-state index in [1.165, 1.54) is 10.8 Å². The average molecular weight is 369 g/mol. The summed E-state index contributed by atoms with van der Waals surface area (Å²) in [5, 5.41) is 9.34. The number of halogens is 1. The number of nitrogens with zero attached hydrogens (tertiary/aromatic N) is 2. The molecule has 1 fully saturated rings. The highest BCUT2D eigenvalue weighted by molar-refractivity contribution is 6.31. The van der Waals surface area contributed by atoms with Crippen molar-refractivity contribution < 1.29 is 19.1 Å². The Labute approximate surface area is 150 Å². The van der Waals surface area contributed by atoms with Crippen molar-refractivity contribution in [1.29, 1.82) is 0 Å². The lowest BCUT2D eigenvalue weighted by molar-refractivity contribution is -0.143. The lowest BCUT2D eigenvalue weighted by Gasteiger charge is -2.12. The van der Waals surface area contributed by atoms with Crippen LogP contribution in [0.4, 0.5) is 4.79 Å². The van der Waals surface area contributed by atoms with Crippen molar-refractivity contribution in [1.82, 2.24) is 20.4 Å². The maximum Gasteiger partial charge on any atom is 0.331 e. The van der Waals surface area contributed by atoms with Crippen LogP contribution in [0.3, 0.4) is 0 Å². The molecule has 1 aliphatic carbocycles. The highest BCUT2D eigenvalue weighted by Crippen LogP contribution is 2.20. The normalized spacial score (nSPS) is 14.7. The highest BCUT2D eigenvalue weighted by atomic mass is 35.5. The van der Waals surface area contributed by atoms with Crippen molar-refractivity contribution in [2.75, 3.05) is 6.61 Å². The van der Waals surface area contributed by atoms with E-state index in [4.69, 9.17) is 16.3 Å². The minimum Gasteiger partial charge on any atom is -0.452 e. The number of nitrogens with one attached hydrogen (secondary N) is 2. The smallest absolute Gasteiger partial charge is 0.331 e. The van der Waals surface area contributed by atoms with Gasteiger partial charge in [-0.15, -0.1) is 0 Å². The molecule has 8 nitrogen and oxygen atoms in total. The molecule has 0 aliphatic heterocycles. The SMILES string of the molecule is Cc1nn(C)c(Cl)c1/C=C/C(=O)OCC(=O)NC(=O)NC1CCCC1. The van der Waals surface area contributed by atoms with Gasteiger partial charge in [0.05, 0.1) is 5.69 Å². The first kappa shape index (κ1) is 19.0. The minimum atomic E-state index is -0.717. The monoisotopic (exact) mass is 368 g/mol. The summed E-state index contributed by atoms with van der Waals surface area (Å²) in [7, 11) is 1.69. The number of esters is 1. The van der Waals surface area contributed by atoms with E-state index in [9.17, 15) is 14.4 Å². The zero-order chi connectivity index (χ0) is 18.4. The number of rotatable bonds is 5. The van der Waals surface area contributed by atoms with Gasteiger partial charge in [0.25, 0.3) is 5.91 Å². The Bertz CT molecular complexity index is 693. The summed E-state index contributed by atoms with van der Waals surface area (Å²) in [6.45, 7) is 1.22. The summed E-state index contributed by atoms with van der Waals surface area (Å²) in [4.78, 5) is 34.9. The van der Waals surface area contributed by atoms with Crippen molar-refractivity contribution in [2.24, 2.45) is 7.05 Å². The van der Waals surface area contributed by atoms with Crippen molar-refractivity contribution in [3.05, 3.63) is 22.5 Å².